The van der Waals surface area contributed by atoms with Crippen LogP contribution in [-0.2, 0) is 11.8 Å². The highest BCUT2D eigenvalue weighted by Crippen LogP contribution is 2.40. The fraction of sp³-hybridized carbons (Fsp3) is 0.542. The molecule has 9 heteroatoms. The predicted molar refractivity (Wildman–Crippen MR) is 127 cm³/mol. The van der Waals surface area contributed by atoms with Crippen molar-refractivity contribution in [3.05, 3.63) is 40.7 Å². The first-order valence-corrected chi connectivity index (χ1v) is 12.2. The maximum atomic E-state index is 10.2. The Morgan fingerprint density at radius 3 is 2.64 bits per heavy atom. The molecule has 174 valence electrons. The fourth-order valence-corrected chi connectivity index (χ4v) is 5.49. The second-order valence-corrected chi connectivity index (χ2v) is 9.99. The van der Waals surface area contributed by atoms with Crippen molar-refractivity contribution in [1.29, 1.82) is 0 Å². The highest BCUT2D eigenvalue weighted by atomic mass is 35.5. The van der Waals surface area contributed by atoms with Gasteiger partial charge >= 0.3 is 0 Å². The van der Waals surface area contributed by atoms with Gasteiger partial charge in [-0.3, -0.25) is 9.58 Å². The van der Waals surface area contributed by atoms with Crippen molar-refractivity contribution in [3.63, 3.8) is 0 Å². The molecule has 6 rings (SSSR count). The van der Waals surface area contributed by atoms with Crippen LogP contribution in [0, 0.1) is 0 Å². The molecule has 3 aliphatic rings. The summed E-state index contributed by atoms with van der Waals surface area (Å²) in [5, 5.41) is 19.8. The summed E-state index contributed by atoms with van der Waals surface area (Å²) in [5.41, 5.74) is 3.17. The van der Waals surface area contributed by atoms with Crippen LogP contribution in [0.15, 0.2) is 24.4 Å². The number of fused-ring (bicyclic) bond motifs is 1. The van der Waals surface area contributed by atoms with Crippen LogP contribution in [0.4, 0.5) is 11.8 Å². The molecule has 0 bridgehead atoms. The van der Waals surface area contributed by atoms with E-state index in [1.165, 1.54) is 12.8 Å². The van der Waals surface area contributed by atoms with Gasteiger partial charge in [-0.05, 0) is 62.4 Å². The molecule has 3 fully saturated rings. The maximum Gasteiger partial charge on any atom is 0.228 e. The lowest BCUT2D eigenvalue weighted by atomic mass is 9.88. The van der Waals surface area contributed by atoms with Gasteiger partial charge < -0.3 is 15.2 Å². The van der Waals surface area contributed by atoms with Crippen LogP contribution in [-0.4, -0.2) is 68.2 Å². The van der Waals surface area contributed by atoms with Crippen molar-refractivity contribution in [2.45, 2.75) is 49.7 Å². The molecule has 2 unspecified atom stereocenters. The summed E-state index contributed by atoms with van der Waals surface area (Å²) in [5.74, 6) is 2.44. The molecule has 1 saturated carbocycles. The number of benzene rings is 1. The Kier molecular flexibility index (Phi) is 5.49. The molecule has 0 amide bonds. The standard InChI is InChI=1S/C24H29ClN6O2/c1-30-23(10-20(29-30)15-2-3-15)28-24-26-11-16-8-18(25)17(9-19(16)27-24)14-4-6-31(7-5-14)21-12-33-13-22(21)32/h8-11,14-15,21-22,32H,2-7,12-13H2,1H3,(H,26,27,28). The molecule has 33 heavy (non-hydrogen) atoms. The number of aromatic nitrogens is 4. The smallest absolute Gasteiger partial charge is 0.228 e. The predicted octanol–water partition coefficient (Wildman–Crippen LogP) is 3.58. The molecule has 4 heterocycles. The molecule has 0 radical (unpaired) electrons. The lowest BCUT2D eigenvalue weighted by molar-refractivity contribution is 0.0663. The van der Waals surface area contributed by atoms with Gasteiger partial charge in [0.1, 0.15) is 5.82 Å². The van der Waals surface area contributed by atoms with Crippen molar-refractivity contribution < 1.29 is 9.84 Å². The van der Waals surface area contributed by atoms with Gasteiger partial charge in [0.25, 0.3) is 0 Å². The monoisotopic (exact) mass is 468 g/mol. The van der Waals surface area contributed by atoms with E-state index >= 15 is 0 Å². The Labute approximate surface area is 197 Å². The van der Waals surface area contributed by atoms with E-state index in [9.17, 15) is 5.11 Å². The summed E-state index contributed by atoms with van der Waals surface area (Å²) in [6.45, 7) is 2.93. The van der Waals surface area contributed by atoms with E-state index in [-0.39, 0.29) is 12.1 Å². The molecule has 2 aliphatic heterocycles. The molecule has 1 aromatic carbocycles. The highest BCUT2D eigenvalue weighted by molar-refractivity contribution is 6.32. The Hall–Kier alpha value is -2.26. The van der Waals surface area contributed by atoms with Crippen LogP contribution >= 0.6 is 11.6 Å². The normalized spacial score (nSPS) is 24.6. The van der Waals surface area contributed by atoms with Crippen LogP contribution in [0.2, 0.25) is 5.02 Å². The summed E-state index contributed by atoms with van der Waals surface area (Å²) in [7, 11) is 1.94. The van der Waals surface area contributed by atoms with E-state index in [1.807, 2.05) is 24.0 Å². The number of hydrogen-bond donors (Lipinski definition) is 2. The third-order valence-electron chi connectivity index (χ3n) is 7.29. The zero-order valence-corrected chi connectivity index (χ0v) is 19.5. The number of aryl methyl sites for hydroxylation is 1. The number of aliphatic hydroxyl groups is 1. The molecule has 2 N–H and O–H groups in total. The molecule has 0 spiro atoms. The molecular weight excluding hydrogens is 440 g/mol. The molecule has 8 nitrogen and oxygen atoms in total. The number of rotatable bonds is 5. The van der Waals surface area contributed by atoms with Gasteiger partial charge in [-0.2, -0.15) is 5.10 Å². The fourth-order valence-electron chi connectivity index (χ4n) is 5.16. The first kappa shape index (κ1) is 21.3. The van der Waals surface area contributed by atoms with Gasteiger partial charge in [0.15, 0.2) is 0 Å². The van der Waals surface area contributed by atoms with E-state index in [1.54, 1.807) is 0 Å². The summed E-state index contributed by atoms with van der Waals surface area (Å²) >= 11 is 6.70. The molecule has 2 atom stereocenters. The average molecular weight is 469 g/mol. The summed E-state index contributed by atoms with van der Waals surface area (Å²) in [6.07, 6.45) is 5.89. The van der Waals surface area contributed by atoms with Crippen molar-refractivity contribution >= 4 is 34.3 Å². The summed E-state index contributed by atoms with van der Waals surface area (Å²) in [6, 6.07) is 6.31. The number of hydrogen-bond acceptors (Lipinski definition) is 7. The number of nitrogens with zero attached hydrogens (tertiary/aromatic N) is 5. The Morgan fingerprint density at radius 2 is 1.91 bits per heavy atom. The molecule has 2 saturated heterocycles. The average Bonchev–Trinajstić information content (AvgIpc) is 3.48. The highest BCUT2D eigenvalue weighted by Gasteiger charge is 2.34. The Bertz CT molecular complexity index is 1170. The minimum Gasteiger partial charge on any atom is -0.389 e. The van der Waals surface area contributed by atoms with Crippen LogP contribution in [0.3, 0.4) is 0 Å². The van der Waals surface area contributed by atoms with E-state index in [0.29, 0.717) is 31.0 Å². The number of aliphatic hydroxyl groups excluding tert-OH is 1. The molecular formula is C24H29ClN6O2. The maximum absolute atomic E-state index is 10.2. The lowest BCUT2D eigenvalue weighted by Crippen LogP contribution is -2.46. The minimum atomic E-state index is -0.381. The first-order valence-electron chi connectivity index (χ1n) is 11.8. The van der Waals surface area contributed by atoms with Crippen LogP contribution in [0.5, 0.6) is 0 Å². The number of halogens is 1. The number of ether oxygens (including phenoxy) is 1. The van der Waals surface area contributed by atoms with E-state index in [2.05, 4.69) is 32.4 Å². The lowest BCUT2D eigenvalue weighted by Gasteiger charge is -2.36. The van der Waals surface area contributed by atoms with Crippen molar-refractivity contribution in [1.82, 2.24) is 24.6 Å². The van der Waals surface area contributed by atoms with E-state index in [0.717, 1.165) is 58.9 Å². The third kappa shape index (κ3) is 4.21. The SMILES string of the molecule is Cn1nc(C2CC2)cc1Nc1ncc2cc(Cl)c(C3CCN(C4COCC4O)CC3)cc2n1. The minimum absolute atomic E-state index is 0.117. The number of likely N-dealkylation sites (tertiary alicyclic amines) is 1. The van der Waals surface area contributed by atoms with Crippen LogP contribution in [0.25, 0.3) is 10.9 Å². The zero-order chi connectivity index (χ0) is 22.5. The number of anilines is 2. The topological polar surface area (TPSA) is 88.3 Å². The zero-order valence-electron chi connectivity index (χ0n) is 18.7. The van der Waals surface area contributed by atoms with Gasteiger partial charge in [-0.25, -0.2) is 9.97 Å². The van der Waals surface area contributed by atoms with Gasteiger partial charge in [0.05, 0.1) is 36.6 Å². The first-order chi connectivity index (χ1) is 16.0. The summed E-state index contributed by atoms with van der Waals surface area (Å²) < 4.78 is 7.30. The Balaban J connectivity index is 1.20. The molecule has 3 aromatic rings. The quantitative estimate of drug-likeness (QED) is 0.591. The largest absolute Gasteiger partial charge is 0.389 e. The van der Waals surface area contributed by atoms with Crippen LogP contribution in [0.1, 0.15) is 48.8 Å². The van der Waals surface area contributed by atoms with Crippen molar-refractivity contribution in [2.24, 2.45) is 7.05 Å². The second kappa shape index (κ2) is 8.51. The summed E-state index contributed by atoms with van der Waals surface area (Å²) in [4.78, 5) is 11.6. The Morgan fingerprint density at radius 1 is 1.09 bits per heavy atom. The molecule has 2 aromatic heterocycles. The van der Waals surface area contributed by atoms with E-state index in [4.69, 9.17) is 21.3 Å². The van der Waals surface area contributed by atoms with E-state index < -0.39 is 0 Å². The van der Waals surface area contributed by atoms with Gasteiger partial charge in [-0.15, -0.1) is 0 Å². The van der Waals surface area contributed by atoms with Crippen molar-refractivity contribution in [3.8, 4) is 0 Å². The van der Waals surface area contributed by atoms with Gasteiger partial charge in [0, 0.05) is 35.6 Å². The van der Waals surface area contributed by atoms with Crippen molar-refractivity contribution in [2.75, 3.05) is 31.6 Å². The third-order valence-corrected chi connectivity index (χ3v) is 7.62. The van der Waals surface area contributed by atoms with Crippen LogP contribution < -0.4 is 5.32 Å². The van der Waals surface area contributed by atoms with Gasteiger partial charge in [-0.1, -0.05) is 11.6 Å². The number of nitrogens with one attached hydrogen (secondary N) is 1. The molecule has 1 aliphatic carbocycles. The second-order valence-electron chi connectivity index (χ2n) is 9.59. The van der Waals surface area contributed by atoms with Gasteiger partial charge in [0.2, 0.25) is 5.95 Å². The number of piperidine rings is 1.